The Morgan fingerprint density at radius 1 is 1.47 bits per heavy atom. The summed E-state index contributed by atoms with van der Waals surface area (Å²) in [5.74, 6) is -0.0218. The lowest BCUT2D eigenvalue weighted by Crippen LogP contribution is -2.47. The maximum atomic E-state index is 12.3. The molecule has 0 radical (unpaired) electrons. The van der Waals surface area contributed by atoms with Crippen LogP contribution in [0.2, 0.25) is 0 Å². The van der Waals surface area contributed by atoms with Crippen LogP contribution in [-0.4, -0.2) is 49.1 Å². The Kier molecular flexibility index (Phi) is 5.41. The van der Waals surface area contributed by atoms with Gasteiger partial charge in [0.2, 0.25) is 11.8 Å². The SMILES string of the molecule is CCCC1NC(=O)CC(C)N(CCOC)C1=O. The van der Waals surface area contributed by atoms with E-state index < -0.39 is 0 Å². The van der Waals surface area contributed by atoms with Crippen LogP contribution in [0.25, 0.3) is 0 Å². The van der Waals surface area contributed by atoms with Gasteiger partial charge in [0.15, 0.2) is 0 Å². The molecule has 0 aromatic heterocycles. The lowest BCUT2D eigenvalue weighted by molar-refractivity contribution is -0.135. The van der Waals surface area contributed by atoms with Crippen LogP contribution >= 0.6 is 0 Å². The van der Waals surface area contributed by atoms with E-state index in [1.54, 1.807) is 12.0 Å². The monoisotopic (exact) mass is 242 g/mol. The van der Waals surface area contributed by atoms with Gasteiger partial charge in [-0.3, -0.25) is 9.59 Å². The predicted molar refractivity (Wildman–Crippen MR) is 64.5 cm³/mol. The largest absolute Gasteiger partial charge is 0.383 e. The van der Waals surface area contributed by atoms with Crippen LogP contribution in [-0.2, 0) is 14.3 Å². The third-order valence-electron chi connectivity index (χ3n) is 3.04. The zero-order valence-electron chi connectivity index (χ0n) is 10.9. The Labute approximate surface area is 102 Å². The van der Waals surface area contributed by atoms with E-state index >= 15 is 0 Å². The number of nitrogens with one attached hydrogen (secondary N) is 1. The lowest BCUT2D eigenvalue weighted by atomic mass is 10.1. The van der Waals surface area contributed by atoms with Crippen LogP contribution in [0.15, 0.2) is 0 Å². The second-order valence-electron chi connectivity index (χ2n) is 4.49. The van der Waals surface area contributed by atoms with Crippen molar-refractivity contribution in [3.05, 3.63) is 0 Å². The topological polar surface area (TPSA) is 58.6 Å². The minimum atomic E-state index is -0.366. The first-order valence-electron chi connectivity index (χ1n) is 6.19. The van der Waals surface area contributed by atoms with Crippen molar-refractivity contribution in [2.75, 3.05) is 20.3 Å². The van der Waals surface area contributed by atoms with Crippen molar-refractivity contribution in [2.45, 2.75) is 45.2 Å². The average Bonchev–Trinajstić information content (AvgIpc) is 2.36. The number of amides is 2. The van der Waals surface area contributed by atoms with Crippen LogP contribution < -0.4 is 5.32 Å². The second-order valence-corrected chi connectivity index (χ2v) is 4.49. The van der Waals surface area contributed by atoms with Crippen molar-refractivity contribution in [3.8, 4) is 0 Å². The molecule has 17 heavy (non-hydrogen) atoms. The maximum absolute atomic E-state index is 12.3. The van der Waals surface area contributed by atoms with E-state index in [-0.39, 0.29) is 23.9 Å². The van der Waals surface area contributed by atoms with Crippen LogP contribution in [0.5, 0.6) is 0 Å². The van der Waals surface area contributed by atoms with Gasteiger partial charge in [0, 0.05) is 26.1 Å². The lowest BCUT2D eigenvalue weighted by Gasteiger charge is -2.28. The van der Waals surface area contributed by atoms with Gasteiger partial charge in [0.05, 0.1) is 6.61 Å². The number of nitrogens with zero attached hydrogens (tertiary/aromatic N) is 1. The highest BCUT2D eigenvalue weighted by atomic mass is 16.5. The minimum absolute atomic E-state index is 0.0160. The second kappa shape index (κ2) is 6.59. The first-order valence-corrected chi connectivity index (χ1v) is 6.19. The molecular formula is C12H22N2O3. The van der Waals surface area contributed by atoms with Crippen molar-refractivity contribution in [2.24, 2.45) is 0 Å². The summed E-state index contributed by atoms with van der Waals surface area (Å²) < 4.78 is 5.00. The highest BCUT2D eigenvalue weighted by Gasteiger charge is 2.32. The molecule has 1 saturated heterocycles. The van der Waals surface area contributed by atoms with Crippen LogP contribution in [0.4, 0.5) is 0 Å². The number of methoxy groups -OCH3 is 1. The number of carbonyl (C=O) groups excluding carboxylic acids is 2. The number of hydrogen-bond acceptors (Lipinski definition) is 3. The third kappa shape index (κ3) is 3.70. The van der Waals surface area contributed by atoms with Crippen LogP contribution in [0, 0.1) is 0 Å². The molecule has 0 aliphatic carbocycles. The summed E-state index contributed by atoms with van der Waals surface area (Å²) in [7, 11) is 1.61. The Morgan fingerprint density at radius 2 is 2.18 bits per heavy atom. The predicted octanol–water partition coefficient (Wildman–Crippen LogP) is 0.539. The molecule has 1 heterocycles. The zero-order chi connectivity index (χ0) is 12.8. The van der Waals surface area contributed by atoms with E-state index in [0.29, 0.717) is 26.0 Å². The summed E-state index contributed by atoms with van der Waals surface area (Å²) >= 11 is 0. The van der Waals surface area contributed by atoms with Crippen molar-refractivity contribution in [1.82, 2.24) is 10.2 Å². The van der Waals surface area contributed by atoms with Crippen molar-refractivity contribution < 1.29 is 14.3 Å². The first-order chi connectivity index (χ1) is 8.10. The fraction of sp³-hybridized carbons (Fsp3) is 0.833. The van der Waals surface area contributed by atoms with Gasteiger partial charge in [-0.2, -0.15) is 0 Å². The summed E-state index contributed by atoms with van der Waals surface area (Å²) in [5.41, 5.74) is 0. The molecule has 1 fully saturated rings. The summed E-state index contributed by atoms with van der Waals surface area (Å²) in [5, 5.41) is 2.80. The molecule has 5 heteroatoms. The van der Waals surface area contributed by atoms with E-state index in [9.17, 15) is 9.59 Å². The van der Waals surface area contributed by atoms with Crippen molar-refractivity contribution in [1.29, 1.82) is 0 Å². The highest BCUT2D eigenvalue weighted by Crippen LogP contribution is 2.13. The summed E-state index contributed by atoms with van der Waals surface area (Å²) in [4.78, 5) is 25.6. The van der Waals surface area contributed by atoms with Gasteiger partial charge in [0.1, 0.15) is 6.04 Å². The Balaban J connectivity index is 2.76. The fourth-order valence-corrected chi connectivity index (χ4v) is 2.12. The first kappa shape index (κ1) is 14.0. The van der Waals surface area contributed by atoms with Crippen LogP contribution in [0.1, 0.15) is 33.1 Å². The molecule has 0 aromatic carbocycles. The number of ether oxygens (including phenoxy) is 1. The summed E-state index contributed by atoms with van der Waals surface area (Å²) in [6.07, 6.45) is 1.94. The molecule has 1 aliphatic rings. The molecule has 0 spiro atoms. The summed E-state index contributed by atoms with van der Waals surface area (Å²) in [6, 6.07) is -0.422. The van der Waals surface area contributed by atoms with Crippen LogP contribution in [0.3, 0.4) is 0 Å². The number of carbonyl (C=O) groups is 2. The molecule has 2 atom stereocenters. The zero-order valence-corrected chi connectivity index (χ0v) is 10.9. The Morgan fingerprint density at radius 3 is 2.76 bits per heavy atom. The minimum Gasteiger partial charge on any atom is -0.383 e. The molecule has 2 amide bonds. The van der Waals surface area contributed by atoms with Gasteiger partial charge in [-0.15, -0.1) is 0 Å². The number of rotatable bonds is 5. The molecule has 0 aromatic rings. The molecule has 1 aliphatic heterocycles. The van der Waals surface area contributed by atoms with E-state index in [0.717, 1.165) is 6.42 Å². The average molecular weight is 242 g/mol. The molecule has 1 rings (SSSR count). The standard InChI is InChI=1S/C12H22N2O3/c1-4-5-10-12(16)14(6-7-17-3)9(2)8-11(15)13-10/h9-10H,4-8H2,1-3H3,(H,13,15). The van der Waals surface area contributed by atoms with Gasteiger partial charge < -0.3 is 15.0 Å². The fourth-order valence-electron chi connectivity index (χ4n) is 2.12. The van der Waals surface area contributed by atoms with E-state index in [1.165, 1.54) is 0 Å². The van der Waals surface area contributed by atoms with E-state index in [4.69, 9.17) is 4.74 Å². The highest BCUT2D eigenvalue weighted by molar-refractivity contribution is 5.90. The van der Waals surface area contributed by atoms with Gasteiger partial charge in [-0.1, -0.05) is 13.3 Å². The smallest absolute Gasteiger partial charge is 0.245 e. The maximum Gasteiger partial charge on any atom is 0.245 e. The van der Waals surface area contributed by atoms with Gasteiger partial charge in [0.25, 0.3) is 0 Å². The Hall–Kier alpha value is -1.10. The molecule has 98 valence electrons. The molecule has 1 N–H and O–H groups in total. The van der Waals surface area contributed by atoms with Crippen molar-refractivity contribution in [3.63, 3.8) is 0 Å². The van der Waals surface area contributed by atoms with Gasteiger partial charge in [-0.05, 0) is 13.3 Å². The molecule has 5 nitrogen and oxygen atoms in total. The molecular weight excluding hydrogens is 220 g/mol. The quantitative estimate of drug-likeness (QED) is 0.765. The summed E-state index contributed by atoms with van der Waals surface area (Å²) in [6.45, 7) is 4.96. The van der Waals surface area contributed by atoms with E-state index in [2.05, 4.69) is 5.32 Å². The normalized spacial score (nSPS) is 25.7. The van der Waals surface area contributed by atoms with Gasteiger partial charge in [-0.25, -0.2) is 0 Å². The third-order valence-corrected chi connectivity index (χ3v) is 3.04. The molecule has 2 unspecified atom stereocenters. The molecule has 0 bridgehead atoms. The Bertz CT molecular complexity index is 281. The van der Waals surface area contributed by atoms with Crippen molar-refractivity contribution >= 4 is 11.8 Å². The van der Waals surface area contributed by atoms with E-state index in [1.807, 2.05) is 13.8 Å². The molecule has 0 saturated carbocycles. The van der Waals surface area contributed by atoms with Gasteiger partial charge >= 0.3 is 0 Å². The number of hydrogen-bond donors (Lipinski definition) is 1.